The van der Waals surface area contributed by atoms with Gasteiger partial charge in [-0.2, -0.15) is 0 Å². The van der Waals surface area contributed by atoms with Crippen LogP contribution in [-0.2, 0) is 19.7 Å². The molecule has 1 saturated heterocycles. The minimum atomic E-state index is -0.897. The molecule has 2 aromatic carbocycles. The van der Waals surface area contributed by atoms with E-state index in [-0.39, 0.29) is 48.6 Å². The molecule has 9 heteroatoms. The van der Waals surface area contributed by atoms with E-state index >= 15 is 0 Å². The van der Waals surface area contributed by atoms with Crippen LogP contribution in [0.2, 0.25) is 0 Å². The minimum Gasteiger partial charge on any atom is -0.507 e. The highest BCUT2D eigenvalue weighted by Gasteiger charge is 2.46. The first kappa shape index (κ1) is 25.1. The van der Waals surface area contributed by atoms with Crippen LogP contribution in [0.1, 0.15) is 43.5 Å². The van der Waals surface area contributed by atoms with Crippen molar-refractivity contribution in [3.63, 3.8) is 0 Å². The topological polar surface area (TPSA) is 130 Å². The van der Waals surface area contributed by atoms with Crippen LogP contribution in [0.3, 0.4) is 0 Å². The molecule has 2 aromatic rings. The summed E-state index contributed by atoms with van der Waals surface area (Å²) in [6.07, 6.45) is 0. The zero-order chi connectivity index (χ0) is 25.0. The number of carbonyl (C=O) groups excluding carboxylic acids is 2. The van der Waals surface area contributed by atoms with E-state index in [9.17, 15) is 24.8 Å². The molecular weight excluding hydrogens is 440 g/mol. The molecule has 1 aliphatic heterocycles. The van der Waals surface area contributed by atoms with Gasteiger partial charge in [-0.05, 0) is 16.5 Å². The van der Waals surface area contributed by atoms with E-state index in [1.54, 1.807) is 12.1 Å². The highest BCUT2D eigenvalue weighted by atomic mass is 16.6. The number of nitrogens with zero attached hydrogens (tertiary/aromatic N) is 2. The van der Waals surface area contributed by atoms with Gasteiger partial charge in [-0.3, -0.25) is 19.7 Å². The first-order valence-corrected chi connectivity index (χ1v) is 10.9. The summed E-state index contributed by atoms with van der Waals surface area (Å²) in [6, 6.07) is 11.8. The van der Waals surface area contributed by atoms with Gasteiger partial charge in [0, 0.05) is 24.2 Å². The maximum atomic E-state index is 13.0. The number of likely N-dealkylation sites (tertiary alicyclic amines) is 1. The Kier molecular flexibility index (Phi) is 7.48. The number of benzene rings is 2. The third-order valence-corrected chi connectivity index (χ3v) is 5.67. The van der Waals surface area contributed by atoms with E-state index in [0.717, 1.165) is 11.6 Å². The van der Waals surface area contributed by atoms with E-state index in [2.05, 4.69) is 20.8 Å². The number of non-ortho nitro benzene ring substituents is 1. The Balaban J connectivity index is 2.11. The first-order chi connectivity index (χ1) is 16.1. The molecule has 2 N–H and O–H groups in total. The summed E-state index contributed by atoms with van der Waals surface area (Å²) in [5.74, 6) is -2.16. The maximum absolute atomic E-state index is 13.0. The van der Waals surface area contributed by atoms with Crippen molar-refractivity contribution in [2.45, 2.75) is 32.2 Å². The molecule has 0 spiro atoms. The van der Waals surface area contributed by atoms with E-state index in [1.165, 1.54) is 23.1 Å². The predicted octanol–water partition coefficient (Wildman–Crippen LogP) is 3.32. The van der Waals surface area contributed by atoms with Crippen LogP contribution in [0.4, 0.5) is 5.69 Å². The average molecular weight is 469 g/mol. The summed E-state index contributed by atoms with van der Waals surface area (Å²) >= 11 is 0. The number of aliphatic hydroxyl groups is 2. The van der Waals surface area contributed by atoms with Crippen molar-refractivity contribution in [2.24, 2.45) is 0 Å². The van der Waals surface area contributed by atoms with Crippen LogP contribution >= 0.6 is 0 Å². The van der Waals surface area contributed by atoms with E-state index in [0.29, 0.717) is 5.56 Å². The van der Waals surface area contributed by atoms with Crippen LogP contribution in [0.25, 0.3) is 5.76 Å². The first-order valence-electron chi connectivity index (χ1n) is 10.9. The number of ether oxygens (including phenoxy) is 1. The fourth-order valence-corrected chi connectivity index (χ4v) is 3.87. The SMILES string of the molecule is CC(C)(C)c1ccc([C@H]2/C(=C(\O)c3cccc([N+](=O)[O-])c3)C(=O)C(=O)N2CCOCCO)cc1. The van der Waals surface area contributed by atoms with Crippen LogP contribution in [-0.4, -0.2) is 58.1 Å². The smallest absolute Gasteiger partial charge is 0.295 e. The largest absolute Gasteiger partial charge is 0.507 e. The lowest BCUT2D eigenvalue weighted by atomic mass is 9.85. The number of nitro benzene ring substituents is 1. The minimum absolute atomic E-state index is 0.0575. The van der Waals surface area contributed by atoms with Gasteiger partial charge in [0.2, 0.25) is 0 Å². The van der Waals surface area contributed by atoms with Crippen molar-refractivity contribution in [3.8, 4) is 0 Å². The van der Waals surface area contributed by atoms with Gasteiger partial charge in [0.15, 0.2) is 0 Å². The summed E-state index contributed by atoms with van der Waals surface area (Å²) in [5.41, 5.74) is 1.24. The molecule has 0 aliphatic carbocycles. The Bertz CT molecular complexity index is 1120. The van der Waals surface area contributed by atoms with Crippen LogP contribution in [0.5, 0.6) is 0 Å². The fourth-order valence-electron chi connectivity index (χ4n) is 3.87. The third kappa shape index (κ3) is 5.16. The highest BCUT2D eigenvalue weighted by molar-refractivity contribution is 6.46. The molecule has 1 amide bonds. The summed E-state index contributed by atoms with van der Waals surface area (Å²) in [7, 11) is 0. The molecule has 1 fully saturated rings. The molecule has 180 valence electrons. The van der Waals surface area contributed by atoms with Crippen molar-refractivity contribution in [1.82, 2.24) is 4.90 Å². The number of nitro groups is 1. The Morgan fingerprint density at radius 1 is 1.12 bits per heavy atom. The van der Waals surface area contributed by atoms with Crippen molar-refractivity contribution in [3.05, 3.63) is 80.9 Å². The number of Topliss-reactive ketones (excluding diaryl/α,β-unsaturated/α-hetero) is 1. The van der Waals surface area contributed by atoms with Gasteiger partial charge in [-0.15, -0.1) is 0 Å². The van der Waals surface area contributed by atoms with Crippen molar-refractivity contribution in [1.29, 1.82) is 0 Å². The second-order valence-corrected chi connectivity index (χ2v) is 9.01. The Morgan fingerprint density at radius 3 is 2.38 bits per heavy atom. The van der Waals surface area contributed by atoms with Gasteiger partial charge in [0.1, 0.15) is 5.76 Å². The van der Waals surface area contributed by atoms with Crippen molar-refractivity contribution < 1.29 is 29.5 Å². The van der Waals surface area contributed by atoms with Crippen LogP contribution < -0.4 is 0 Å². The number of hydrogen-bond donors (Lipinski definition) is 2. The van der Waals surface area contributed by atoms with Gasteiger partial charge in [0.25, 0.3) is 17.4 Å². The molecule has 1 aliphatic rings. The molecule has 0 aromatic heterocycles. The summed E-state index contributed by atoms with van der Waals surface area (Å²) in [5, 5.41) is 31.2. The van der Waals surface area contributed by atoms with E-state index < -0.39 is 28.4 Å². The number of carbonyl (C=O) groups is 2. The molecule has 9 nitrogen and oxygen atoms in total. The molecule has 3 rings (SSSR count). The molecule has 1 heterocycles. The monoisotopic (exact) mass is 468 g/mol. The van der Waals surface area contributed by atoms with E-state index in [1.807, 2.05) is 12.1 Å². The third-order valence-electron chi connectivity index (χ3n) is 5.67. The number of ketones is 1. The molecule has 1 atom stereocenters. The number of amides is 1. The van der Waals surface area contributed by atoms with Crippen molar-refractivity contribution >= 4 is 23.1 Å². The molecule has 0 unspecified atom stereocenters. The quantitative estimate of drug-likeness (QED) is 0.152. The Hall–Kier alpha value is -3.56. The number of aliphatic hydroxyl groups excluding tert-OH is 2. The second-order valence-electron chi connectivity index (χ2n) is 9.01. The summed E-state index contributed by atoms with van der Waals surface area (Å²) < 4.78 is 5.29. The molecule has 34 heavy (non-hydrogen) atoms. The van der Waals surface area contributed by atoms with Gasteiger partial charge in [0.05, 0.1) is 36.4 Å². The van der Waals surface area contributed by atoms with Gasteiger partial charge < -0.3 is 19.8 Å². The Labute approximate surface area is 197 Å². The van der Waals surface area contributed by atoms with Crippen LogP contribution in [0, 0.1) is 10.1 Å². The zero-order valence-electron chi connectivity index (χ0n) is 19.4. The lowest BCUT2D eigenvalue weighted by molar-refractivity contribution is -0.384. The molecular formula is C25H28N2O7. The second kappa shape index (κ2) is 10.1. The zero-order valence-corrected chi connectivity index (χ0v) is 19.4. The highest BCUT2D eigenvalue weighted by Crippen LogP contribution is 2.40. The predicted molar refractivity (Wildman–Crippen MR) is 125 cm³/mol. The fraction of sp³-hybridized carbons (Fsp3) is 0.360. The summed E-state index contributed by atoms with van der Waals surface area (Å²) in [6.45, 7) is 6.24. The van der Waals surface area contributed by atoms with Gasteiger partial charge in [-0.1, -0.05) is 57.2 Å². The van der Waals surface area contributed by atoms with Gasteiger partial charge in [-0.25, -0.2) is 0 Å². The molecule has 0 radical (unpaired) electrons. The normalized spacial score (nSPS) is 17.9. The lowest BCUT2D eigenvalue weighted by Gasteiger charge is -2.26. The van der Waals surface area contributed by atoms with Crippen LogP contribution in [0.15, 0.2) is 54.1 Å². The Morgan fingerprint density at radius 2 is 1.79 bits per heavy atom. The average Bonchev–Trinajstić information content (AvgIpc) is 3.06. The maximum Gasteiger partial charge on any atom is 0.295 e. The molecule has 0 bridgehead atoms. The molecule has 0 saturated carbocycles. The van der Waals surface area contributed by atoms with Crippen molar-refractivity contribution in [2.75, 3.05) is 26.4 Å². The summed E-state index contributed by atoms with van der Waals surface area (Å²) in [4.78, 5) is 37.8. The number of hydrogen-bond acceptors (Lipinski definition) is 7. The van der Waals surface area contributed by atoms with E-state index in [4.69, 9.17) is 9.84 Å². The lowest BCUT2D eigenvalue weighted by Crippen LogP contribution is -2.33. The van der Waals surface area contributed by atoms with Gasteiger partial charge >= 0.3 is 0 Å². The number of rotatable bonds is 8. The standard InChI is InChI=1S/C25H28N2O7/c1-25(2,3)18-9-7-16(8-10-18)21-20(22(29)17-5-4-6-19(15-17)27(32)33)23(30)24(31)26(21)11-13-34-14-12-28/h4-10,15,21,28-29H,11-14H2,1-3H3/b22-20+/t21-/m0/s1.